The number of rotatable bonds is 4. The van der Waals surface area contributed by atoms with E-state index in [0.29, 0.717) is 5.95 Å². The van der Waals surface area contributed by atoms with Gasteiger partial charge in [0.2, 0.25) is 5.95 Å². The molecule has 132 valence electrons. The van der Waals surface area contributed by atoms with Gasteiger partial charge in [-0.1, -0.05) is 18.2 Å². The number of aromatic nitrogens is 4. The number of nitrogens with one attached hydrogen (secondary N) is 3. The van der Waals surface area contributed by atoms with Crippen molar-refractivity contribution in [3.63, 3.8) is 0 Å². The van der Waals surface area contributed by atoms with Crippen LogP contribution in [0, 0.1) is 0 Å². The van der Waals surface area contributed by atoms with Crippen LogP contribution in [0.15, 0.2) is 71.5 Å². The van der Waals surface area contributed by atoms with Crippen LogP contribution >= 0.6 is 15.9 Å². The molecule has 6 nitrogen and oxygen atoms in total. The lowest BCUT2D eigenvalue weighted by Crippen LogP contribution is -1.90. The first-order valence-corrected chi connectivity index (χ1v) is 9.16. The van der Waals surface area contributed by atoms with Gasteiger partial charge >= 0.3 is 0 Å². The molecule has 3 heterocycles. The van der Waals surface area contributed by atoms with Crippen LogP contribution in [-0.4, -0.2) is 19.9 Å². The quantitative estimate of drug-likeness (QED) is 0.347. The largest absolute Gasteiger partial charge is 0.457 e. The fraction of sp³-hybridized carbons (Fsp3) is 0. The van der Waals surface area contributed by atoms with Gasteiger partial charge in [0.1, 0.15) is 17.1 Å². The van der Waals surface area contributed by atoms with Crippen LogP contribution < -0.4 is 10.1 Å². The van der Waals surface area contributed by atoms with Crippen molar-refractivity contribution in [3.8, 4) is 11.5 Å². The van der Waals surface area contributed by atoms with Crippen molar-refractivity contribution >= 4 is 49.6 Å². The zero-order valence-electron chi connectivity index (χ0n) is 14.0. The summed E-state index contributed by atoms with van der Waals surface area (Å²) in [5.74, 6) is 2.19. The number of pyridine rings is 1. The molecule has 0 aliphatic heterocycles. The second kappa shape index (κ2) is 6.44. The summed E-state index contributed by atoms with van der Waals surface area (Å²) in [7, 11) is 0. The molecule has 5 rings (SSSR count). The number of fused-ring (bicyclic) bond motifs is 2. The first kappa shape index (κ1) is 15.9. The number of H-pyrrole nitrogens is 2. The van der Waals surface area contributed by atoms with E-state index in [1.165, 1.54) is 0 Å². The minimum absolute atomic E-state index is 0.655. The molecular weight excluding hydrogens is 406 g/mol. The number of nitrogens with zero attached hydrogens (tertiary/aromatic N) is 2. The zero-order chi connectivity index (χ0) is 18.2. The van der Waals surface area contributed by atoms with Crippen LogP contribution in [0.25, 0.3) is 22.1 Å². The fourth-order valence-corrected chi connectivity index (χ4v) is 3.27. The molecule has 0 atom stereocenters. The van der Waals surface area contributed by atoms with Crippen molar-refractivity contribution in [1.82, 2.24) is 19.9 Å². The third kappa shape index (κ3) is 3.13. The first-order chi connectivity index (χ1) is 13.2. The minimum Gasteiger partial charge on any atom is -0.457 e. The third-order valence-corrected chi connectivity index (χ3v) is 4.62. The Bertz CT molecular complexity index is 1250. The standard InChI is InChI=1S/C20H14BrN5O/c21-12-8-15-18(11-23-19(15)22-10-12)26-20-24-16-7-6-14(9-17(16)25-20)27-13-4-2-1-3-5-13/h1-11H,(H,22,23)(H2,24,25,26). The molecule has 0 radical (unpaired) electrons. The SMILES string of the molecule is Brc1cnc2[nH]cc(Nc3nc4cc(Oc5ccccc5)ccc4[nH]3)c2c1. The molecule has 5 aromatic rings. The Morgan fingerprint density at radius 1 is 1.00 bits per heavy atom. The predicted molar refractivity (Wildman–Crippen MR) is 110 cm³/mol. The van der Waals surface area contributed by atoms with E-state index >= 15 is 0 Å². The van der Waals surface area contributed by atoms with Crippen LogP contribution in [0.2, 0.25) is 0 Å². The van der Waals surface area contributed by atoms with E-state index in [0.717, 1.165) is 43.7 Å². The minimum atomic E-state index is 0.655. The van der Waals surface area contributed by atoms with Crippen LogP contribution in [-0.2, 0) is 0 Å². The lowest BCUT2D eigenvalue weighted by Gasteiger charge is -2.04. The van der Waals surface area contributed by atoms with Crippen molar-refractivity contribution < 1.29 is 4.74 Å². The average molecular weight is 420 g/mol. The molecule has 0 aliphatic rings. The van der Waals surface area contributed by atoms with E-state index in [-0.39, 0.29) is 0 Å². The van der Waals surface area contributed by atoms with Gasteiger partial charge < -0.3 is 20.0 Å². The molecule has 0 saturated heterocycles. The van der Waals surface area contributed by atoms with Crippen molar-refractivity contribution in [1.29, 1.82) is 0 Å². The van der Waals surface area contributed by atoms with E-state index in [9.17, 15) is 0 Å². The Kier molecular flexibility index (Phi) is 3.79. The number of para-hydroxylation sites is 1. The number of benzene rings is 2. The summed E-state index contributed by atoms with van der Waals surface area (Å²) in [5, 5.41) is 4.30. The van der Waals surface area contributed by atoms with Crippen LogP contribution in [0.3, 0.4) is 0 Å². The summed E-state index contributed by atoms with van der Waals surface area (Å²) in [4.78, 5) is 15.4. The number of hydrogen-bond acceptors (Lipinski definition) is 4. The molecule has 27 heavy (non-hydrogen) atoms. The lowest BCUT2D eigenvalue weighted by molar-refractivity contribution is 0.483. The molecular formula is C20H14BrN5O. The Morgan fingerprint density at radius 2 is 1.89 bits per heavy atom. The fourth-order valence-electron chi connectivity index (χ4n) is 2.94. The highest BCUT2D eigenvalue weighted by atomic mass is 79.9. The Morgan fingerprint density at radius 3 is 2.78 bits per heavy atom. The van der Waals surface area contributed by atoms with E-state index in [1.807, 2.05) is 60.8 Å². The number of imidazole rings is 1. The first-order valence-electron chi connectivity index (χ1n) is 8.37. The van der Waals surface area contributed by atoms with Gasteiger partial charge in [0, 0.05) is 28.3 Å². The molecule has 0 spiro atoms. The highest BCUT2D eigenvalue weighted by Crippen LogP contribution is 2.29. The molecule has 0 saturated carbocycles. The van der Waals surface area contributed by atoms with E-state index in [1.54, 1.807) is 6.20 Å². The number of ether oxygens (including phenoxy) is 1. The lowest BCUT2D eigenvalue weighted by atomic mass is 10.3. The normalized spacial score (nSPS) is 11.1. The summed E-state index contributed by atoms with van der Waals surface area (Å²) in [5.41, 5.74) is 3.47. The van der Waals surface area contributed by atoms with Gasteiger partial charge in [0.05, 0.1) is 16.7 Å². The van der Waals surface area contributed by atoms with Crippen LogP contribution in [0.5, 0.6) is 11.5 Å². The van der Waals surface area contributed by atoms with Gasteiger partial charge in [-0.15, -0.1) is 0 Å². The molecule has 0 amide bonds. The third-order valence-electron chi connectivity index (χ3n) is 4.18. The number of hydrogen-bond donors (Lipinski definition) is 3. The van der Waals surface area contributed by atoms with Crippen LogP contribution in [0.1, 0.15) is 0 Å². The van der Waals surface area contributed by atoms with Crippen molar-refractivity contribution in [3.05, 3.63) is 71.5 Å². The molecule has 0 fully saturated rings. The maximum absolute atomic E-state index is 5.88. The molecule has 2 aromatic carbocycles. The number of halogens is 1. The highest BCUT2D eigenvalue weighted by molar-refractivity contribution is 9.10. The highest BCUT2D eigenvalue weighted by Gasteiger charge is 2.09. The van der Waals surface area contributed by atoms with Crippen molar-refractivity contribution in [2.45, 2.75) is 0 Å². The molecule has 0 aliphatic carbocycles. The molecule has 0 unspecified atom stereocenters. The maximum Gasteiger partial charge on any atom is 0.205 e. The molecule has 3 aromatic heterocycles. The number of aromatic amines is 2. The van der Waals surface area contributed by atoms with Gasteiger partial charge in [-0.3, -0.25) is 0 Å². The van der Waals surface area contributed by atoms with Gasteiger partial charge in [-0.05, 0) is 46.3 Å². The smallest absolute Gasteiger partial charge is 0.205 e. The van der Waals surface area contributed by atoms with Crippen molar-refractivity contribution in [2.75, 3.05) is 5.32 Å². The zero-order valence-corrected chi connectivity index (χ0v) is 15.6. The molecule has 0 bridgehead atoms. The topological polar surface area (TPSA) is 78.6 Å². The van der Waals surface area contributed by atoms with E-state index in [2.05, 4.69) is 41.2 Å². The predicted octanol–water partition coefficient (Wildman–Crippen LogP) is 5.74. The molecule has 7 heteroatoms. The number of anilines is 2. The summed E-state index contributed by atoms with van der Waals surface area (Å²) >= 11 is 3.46. The second-order valence-corrected chi connectivity index (χ2v) is 6.97. The van der Waals surface area contributed by atoms with Gasteiger partial charge in [0.15, 0.2) is 0 Å². The summed E-state index contributed by atoms with van der Waals surface area (Å²) in [6, 6.07) is 17.5. The summed E-state index contributed by atoms with van der Waals surface area (Å²) in [6.45, 7) is 0. The Labute approximate surface area is 162 Å². The Hall–Kier alpha value is -3.32. The van der Waals surface area contributed by atoms with E-state index in [4.69, 9.17) is 4.74 Å². The van der Waals surface area contributed by atoms with Gasteiger partial charge in [-0.25, -0.2) is 9.97 Å². The van der Waals surface area contributed by atoms with Gasteiger partial charge in [-0.2, -0.15) is 0 Å². The monoisotopic (exact) mass is 419 g/mol. The van der Waals surface area contributed by atoms with Crippen molar-refractivity contribution in [2.24, 2.45) is 0 Å². The van der Waals surface area contributed by atoms with E-state index < -0.39 is 0 Å². The molecule has 3 N–H and O–H groups in total. The second-order valence-electron chi connectivity index (χ2n) is 6.06. The summed E-state index contributed by atoms with van der Waals surface area (Å²) < 4.78 is 6.80. The van der Waals surface area contributed by atoms with Crippen LogP contribution in [0.4, 0.5) is 11.6 Å². The average Bonchev–Trinajstić information content (AvgIpc) is 3.26. The maximum atomic E-state index is 5.88. The Balaban J connectivity index is 1.45. The van der Waals surface area contributed by atoms with Gasteiger partial charge in [0.25, 0.3) is 0 Å². The summed E-state index contributed by atoms with van der Waals surface area (Å²) in [6.07, 6.45) is 3.64.